The average Bonchev–Trinajstić information content (AvgIpc) is 3.08. The van der Waals surface area contributed by atoms with Crippen LogP contribution in [0.5, 0.6) is 0 Å². The van der Waals surface area contributed by atoms with Crippen LogP contribution in [0.4, 0.5) is 11.5 Å². The van der Waals surface area contributed by atoms with Gasteiger partial charge in [-0.1, -0.05) is 6.07 Å². The third-order valence-electron chi connectivity index (χ3n) is 3.82. The van der Waals surface area contributed by atoms with Gasteiger partial charge in [0.15, 0.2) is 0 Å². The molecule has 1 aliphatic rings. The van der Waals surface area contributed by atoms with Crippen molar-refractivity contribution in [3.05, 3.63) is 50.3 Å². The molecule has 0 saturated carbocycles. The van der Waals surface area contributed by atoms with Gasteiger partial charge in [-0.2, -0.15) is 5.26 Å². The molecule has 1 saturated heterocycles. The highest BCUT2D eigenvalue weighted by Crippen LogP contribution is 2.22. The molecule has 0 amide bonds. The van der Waals surface area contributed by atoms with Gasteiger partial charge in [-0.3, -0.25) is 15.0 Å². The highest BCUT2D eigenvalue weighted by atomic mass is 32.1. The standard InChI is InChI=1S/C15H15N5O2S/c16-10-13-14(20(21)22)3-4-15(17-13)19-7-5-18(6-8-19)11-12-2-1-9-23-12/h1-4,9H,5-8,11H2. The highest BCUT2D eigenvalue weighted by Gasteiger charge is 2.21. The molecule has 118 valence electrons. The Balaban J connectivity index is 1.65. The summed E-state index contributed by atoms with van der Waals surface area (Å²) in [4.78, 5) is 20.2. The minimum atomic E-state index is -0.575. The zero-order valence-corrected chi connectivity index (χ0v) is 13.2. The van der Waals surface area contributed by atoms with Gasteiger partial charge in [0, 0.05) is 43.7 Å². The van der Waals surface area contributed by atoms with E-state index in [2.05, 4.69) is 32.3 Å². The number of aromatic nitrogens is 1. The number of hydrogen-bond acceptors (Lipinski definition) is 7. The maximum Gasteiger partial charge on any atom is 0.305 e. The topological polar surface area (TPSA) is 86.3 Å². The molecule has 2 aromatic rings. The molecular formula is C15H15N5O2S. The molecule has 0 atom stereocenters. The number of nitriles is 1. The van der Waals surface area contributed by atoms with Gasteiger partial charge in [0.2, 0.25) is 5.69 Å². The summed E-state index contributed by atoms with van der Waals surface area (Å²) in [5.74, 6) is 0.628. The molecule has 0 N–H and O–H groups in total. The number of nitrogens with zero attached hydrogens (tertiary/aromatic N) is 5. The van der Waals surface area contributed by atoms with Crippen LogP contribution in [0.3, 0.4) is 0 Å². The number of nitro groups is 1. The van der Waals surface area contributed by atoms with Crippen molar-refractivity contribution in [3.63, 3.8) is 0 Å². The van der Waals surface area contributed by atoms with Crippen molar-refractivity contribution in [2.45, 2.75) is 6.54 Å². The van der Waals surface area contributed by atoms with Gasteiger partial charge in [-0.05, 0) is 17.5 Å². The van der Waals surface area contributed by atoms with Gasteiger partial charge < -0.3 is 4.90 Å². The number of rotatable bonds is 4. The second kappa shape index (κ2) is 6.73. The predicted octanol–water partition coefficient (Wildman–Crippen LogP) is 2.25. The van der Waals surface area contributed by atoms with E-state index in [9.17, 15) is 10.1 Å². The zero-order chi connectivity index (χ0) is 16.2. The van der Waals surface area contributed by atoms with E-state index in [-0.39, 0.29) is 11.4 Å². The van der Waals surface area contributed by atoms with Crippen LogP contribution in [-0.4, -0.2) is 41.0 Å². The van der Waals surface area contributed by atoms with Crippen molar-refractivity contribution >= 4 is 22.8 Å². The molecule has 0 radical (unpaired) electrons. The Morgan fingerprint density at radius 2 is 2.09 bits per heavy atom. The lowest BCUT2D eigenvalue weighted by atomic mass is 10.2. The summed E-state index contributed by atoms with van der Waals surface area (Å²) >= 11 is 1.76. The Labute approximate surface area is 137 Å². The van der Waals surface area contributed by atoms with E-state index in [0.29, 0.717) is 5.82 Å². The molecule has 3 heterocycles. The quantitative estimate of drug-likeness (QED) is 0.631. The average molecular weight is 329 g/mol. The molecule has 0 spiro atoms. The molecule has 0 bridgehead atoms. The third-order valence-corrected chi connectivity index (χ3v) is 4.68. The predicted molar refractivity (Wildman–Crippen MR) is 87.4 cm³/mol. The van der Waals surface area contributed by atoms with Crippen LogP contribution < -0.4 is 4.90 Å². The van der Waals surface area contributed by atoms with Crippen molar-refractivity contribution in [3.8, 4) is 6.07 Å². The lowest BCUT2D eigenvalue weighted by molar-refractivity contribution is -0.385. The number of pyridine rings is 1. The molecule has 0 unspecified atom stereocenters. The largest absolute Gasteiger partial charge is 0.354 e. The minimum Gasteiger partial charge on any atom is -0.354 e. The normalized spacial score (nSPS) is 15.3. The molecule has 8 heteroatoms. The van der Waals surface area contributed by atoms with Crippen LogP contribution in [-0.2, 0) is 6.54 Å². The van der Waals surface area contributed by atoms with Gasteiger partial charge in [0.05, 0.1) is 4.92 Å². The molecular weight excluding hydrogens is 314 g/mol. The Morgan fingerprint density at radius 1 is 1.30 bits per heavy atom. The van der Waals surface area contributed by atoms with E-state index in [1.54, 1.807) is 23.5 Å². The SMILES string of the molecule is N#Cc1nc(N2CCN(Cc3cccs3)CC2)ccc1[N+](=O)[O-]. The second-order valence-corrected chi connectivity index (χ2v) is 6.28. The van der Waals surface area contributed by atoms with Crippen molar-refractivity contribution in [1.29, 1.82) is 5.26 Å². The van der Waals surface area contributed by atoms with E-state index >= 15 is 0 Å². The fraction of sp³-hybridized carbons (Fsp3) is 0.333. The zero-order valence-electron chi connectivity index (χ0n) is 12.4. The minimum absolute atomic E-state index is 0.131. The van der Waals surface area contributed by atoms with Crippen LogP contribution >= 0.6 is 11.3 Å². The van der Waals surface area contributed by atoms with Gasteiger partial charge in [0.25, 0.3) is 0 Å². The summed E-state index contributed by atoms with van der Waals surface area (Å²) in [5.41, 5.74) is -0.374. The Hall–Kier alpha value is -2.50. The van der Waals surface area contributed by atoms with Crippen LogP contribution in [0.2, 0.25) is 0 Å². The molecule has 23 heavy (non-hydrogen) atoms. The van der Waals surface area contributed by atoms with E-state index in [0.717, 1.165) is 32.7 Å². The first-order valence-electron chi connectivity index (χ1n) is 7.22. The van der Waals surface area contributed by atoms with E-state index in [4.69, 9.17) is 5.26 Å². The molecule has 1 aliphatic heterocycles. The smallest absolute Gasteiger partial charge is 0.305 e. The van der Waals surface area contributed by atoms with Gasteiger partial charge in [-0.25, -0.2) is 4.98 Å². The summed E-state index contributed by atoms with van der Waals surface area (Å²) in [6, 6.07) is 8.97. The summed E-state index contributed by atoms with van der Waals surface area (Å²) in [5, 5.41) is 22.0. The van der Waals surface area contributed by atoms with Gasteiger partial charge in [-0.15, -0.1) is 11.3 Å². The lowest BCUT2D eigenvalue weighted by Crippen LogP contribution is -2.46. The van der Waals surface area contributed by atoms with Crippen molar-refractivity contribution in [1.82, 2.24) is 9.88 Å². The molecule has 0 aromatic carbocycles. The van der Waals surface area contributed by atoms with Crippen LogP contribution in [0, 0.1) is 21.4 Å². The van der Waals surface area contributed by atoms with Crippen LogP contribution in [0.1, 0.15) is 10.6 Å². The van der Waals surface area contributed by atoms with Crippen LogP contribution in [0.15, 0.2) is 29.6 Å². The number of hydrogen-bond donors (Lipinski definition) is 0. The first kappa shape index (κ1) is 15.4. The maximum atomic E-state index is 10.9. The fourth-order valence-electron chi connectivity index (χ4n) is 2.61. The molecule has 0 aliphatic carbocycles. The van der Waals surface area contributed by atoms with Crippen molar-refractivity contribution in [2.75, 3.05) is 31.1 Å². The molecule has 2 aromatic heterocycles. The monoisotopic (exact) mass is 329 g/mol. The van der Waals surface area contributed by atoms with Crippen LogP contribution in [0.25, 0.3) is 0 Å². The second-order valence-electron chi connectivity index (χ2n) is 5.25. The summed E-state index contributed by atoms with van der Waals surface area (Å²) < 4.78 is 0. The Morgan fingerprint density at radius 3 is 2.70 bits per heavy atom. The van der Waals surface area contributed by atoms with E-state index in [1.165, 1.54) is 10.9 Å². The third kappa shape index (κ3) is 3.47. The first-order valence-corrected chi connectivity index (χ1v) is 8.10. The summed E-state index contributed by atoms with van der Waals surface area (Å²) in [6.45, 7) is 4.33. The number of thiophene rings is 1. The summed E-state index contributed by atoms with van der Waals surface area (Å²) in [6.07, 6.45) is 0. The first-order chi connectivity index (χ1) is 11.2. The lowest BCUT2D eigenvalue weighted by Gasteiger charge is -2.35. The Kier molecular flexibility index (Phi) is 4.50. The van der Waals surface area contributed by atoms with E-state index < -0.39 is 4.92 Å². The summed E-state index contributed by atoms with van der Waals surface area (Å²) in [7, 11) is 0. The van der Waals surface area contributed by atoms with Gasteiger partial charge in [0.1, 0.15) is 11.9 Å². The number of anilines is 1. The highest BCUT2D eigenvalue weighted by molar-refractivity contribution is 7.09. The fourth-order valence-corrected chi connectivity index (χ4v) is 3.35. The molecule has 1 fully saturated rings. The van der Waals surface area contributed by atoms with Gasteiger partial charge >= 0.3 is 5.69 Å². The van der Waals surface area contributed by atoms with Crippen molar-refractivity contribution < 1.29 is 4.92 Å². The molecule has 3 rings (SSSR count). The maximum absolute atomic E-state index is 10.9. The van der Waals surface area contributed by atoms with Crippen molar-refractivity contribution in [2.24, 2.45) is 0 Å². The number of piperazine rings is 1. The van der Waals surface area contributed by atoms with E-state index in [1.807, 2.05) is 0 Å². The Bertz CT molecular complexity index is 733. The molecule has 7 nitrogen and oxygen atoms in total.